The van der Waals surface area contributed by atoms with Gasteiger partial charge in [0.25, 0.3) is 0 Å². The van der Waals surface area contributed by atoms with Gasteiger partial charge in [0.15, 0.2) is 0 Å². The van der Waals surface area contributed by atoms with Crippen molar-refractivity contribution in [1.82, 2.24) is 4.31 Å². The van der Waals surface area contributed by atoms with E-state index < -0.39 is 16.0 Å². The molecule has 1 fully saturated rings. The van der Waals surface area contributed by atoms with Gasteiger partial charge in [-0.3, -0.25) is 0 Å². The van der Waals surface area contributed by atoms with Crippen molar-refractivity contribution in [2.45, 2.75) is 11.8 Å². The Labute approximate surface area is 123 Å². The summed E-state index contributed by atoms with van der Waals surface area (Å²) in [4.78, 5) is 11.0. The zero-order valence-corrected chi connectivity index (χ0v) is 12.4. The Kier molecular flexibility index (Phi) is 4.81. The molecule has 0 radical (unpaired) electrons. The van der Waals surface area contributed by atoms with Crippen LogP contribution in [0.25, 0.3) is 0 Å². The highest BCUT2D eigenvalue weighted by molar-refractivity contribution is 7.89. The standard InChI is InChI=1S/C13H17NO6S/c1-2-20-12-4-3-10(9-11(12)13(15)16)21(17,18)14-5-7-19-8-6-14/h3-4,9H,2,5-8H2,1H3,(H,15,16)/p-1. The molecule has 0 saturated carbocycles. The molecule has 0 amide bonds. The Bertz CT molecular complexity index is 622. The van der Waals surface area contributed by atoms with E-state index in [1.54, 1.807) is 6.92 Å². The molecule has 8 heteroatoms. The number of hydrogen-bond donors (Lipinski definition) is 0. The van der Waals surface area contributed by atoms with Crippen LogP contribution in [0.1, 0.15) is 17.3 Å². The number of aromatic carboxylic acids is 1. The van der Waals surface area contributed by atoms with Gasteiger partial charge in [0.1, 0.15) is 5.75 Å². The molecule has 2 rings (SSSR count). The zero-order chi connectivity index (χ0) is 15.5. The van der Waals surface area contributed by atoms with Gasteiger partial charge in [-0.1, -0.05) is 0 Å². The predicted molar refractivity (Wildman–Crippen MR) is 71.5 cm³/mol. The Morgan fingerprint density at radius 2 is 2.05 bits per heavy atom. The second kappa shape index (κ2) is 6.42. The Morgan fingerprint density at radius 1 is 1.38 bits per heavy atom. The van der Waals surface area contributed by atoms with Crippen molar-refractivity contribution in [3.63, 3.8) is 0 Å². The number of rotatable bonds is 5. The number of morpholine rings is 1. The number of nitrogens with zero attached hydrogens (tertiary/aromatic N) is 1. The summed E-state index contributed by atoms with van der Waals surface area (Å²) in [5.41, 5.74) is -0.272. The molecule has 116 valence electrons. The van der Waals surface area contributed by atoms with Crippen LogP contribution >= 0.6 is 0 Å². The molecular formula is C13H16NO6S-. The first kappa shape index (κ1) is 15.7. The largest absolute Gasteiger partial charge is 0.545 e. The molecule has 7 nitrogen and oxygen atoms in total. The fourth-order valence-corrected chi connectivity index (χ4v) is 3.48. The van der Waals surface area contributed by atoms with Crippen LogP contribution in [0.4, 0.5) is 0 Å². The summed E-state index contributed by atoms with van der Waals surface area (Å²) in [5, 5.41) is 11.1. The molecule has 1 heterocycles. The van der Waals surface area contributed by atoms with E-state index in [4.69, 9.17) is 9.47 Å². The lowest BCUT2D eigenvalue weighted by Gasteiger charge is -2.26. The quantitative estimate of drug-likeness (QED) is 0.725. The van der Waals surface area contributed by atoms with Crippen molar-refractivity contribution in [3.8, 4) is 5.75 Å². The van der Waals surface area contributed by atoms with Gasteiger partial charge in [0.2, 0.25) is 10.0 Å². The molecule has 0 bridgehead atoms. The Balaban J connectivity index is 2.39. The lowest BCUT2D eigenvalue weighted by molar-refractivity contribution is -0.255. The Morgan fingerprint density at radius 3 is 2.62 bits per heavy atom. The van der Waals surface area contributed by atoms with Crippen LogP contribution in [0.3, 0.4) is 0 Å². The maximum atomic E-state index is 12.4. The van der Waals surface area contributed by atoms with Crippen molar-refractivity contribution >= 4 is 16.0 Å². The maximum absolute atomic E-state index is 12.4. The van der Waals surface area contributed by atoms with E-state index >= 15 is 0 Å². The first-order chi connectivity index (χ1) is 9.96. The molecule has 1 aromatic carbocycles. The number of carbonyl (C=O) groups is 1. The monoisotopic (exact) mass is 314 g/mol. The highest BCUT2D eigenvalue weighted by atomic mass is 32.2. The molecule has 1 aromatic rings. The van der Waals surface area contributed by atoms with Crippen molar-refractivity contribution in [2.75, 3.05) is 32.9 Å². The van der Waals surface area contributed by atoms with E-state index in [1.807, 2.05) is 0 Å². The van der Waals surface area contributed by atoms with Crippen molar-refractivity contribution in [3.05, 3.63) is 23.8 Å². The maximum Gasteiger partial charge on any atom is 0.243 e. The summed E-state index contributed by atoms with van der Waals surface area (Å²) in [7, 11) is -3.74. The lowest BCUT2D eigenvalue weighted by Crippen LogP contribution is -2.40. The van der Waals surface area contributed by atoms with Crippen LogP contribution in [-0.2, 0) is 14.8 Å². The van der Waals surface area contributed by atoms with Crippen molar-refractivity contribution < 1.29 is 27.8 Å². The van der Waals surface area contributed by atoms with E-state index in [2.05, 4.69) is 0 Å². The minimum Gasteiger partial charge on any atom is -0.545 e. The van der Waals surface area contributed by atoms with E-state index in [0.29, 0.717) is 13.2 Å². The smallest absolute Gasteiger partial charge is 0.243 e. The van der Waals surface area contributed by atoms with Crippen LogP contribution in [-0.4, -0.2) is 51.6 Å². The third-order valence-electron chi connectivity index (χ3n) is 3.08. The fraction of sp³-hybridized carbons (Fsp3) is 0.462. The number of carbonyl (C=O) groups excluding carboxylic acids is 1. The first-order valence-electron chi connectivity index (χ1n) is 6.53. The molecule has 0 N–H and O–H groups in total. The molecule has 0 aliphatic carbocycles. The van der Waals surface area contributed by atoms with E-state index in [0.717, 1.165) is 6.07 Å². The summed E-state index contributed by atoms with van der Waals surface area (Å²) in [6.45, 7) is 3.12. The summed E-state index contributed by atoms with van der Waals surface area (Å²) >= 11 is 0. The van der Waals surface area contributed by atoms with Gasteiger partial charge in [0, 0.05) is 18.7 Å². The summed E-state index contributed by atoms with van der Waals surface area (Å²) in [6.07, 6.45) is 0. The van der Waals surface area contributed by atoms with Crippen LogP contribution < -0.4 is 9.84 Å². The number of carboxylic acids is 1. The SMILES string of the molecule is CCOc1ccc(S(=O)(=O)N2CCOCC2)cc1C(=O)[O-]. The average molecular weight is 314 g/mol. The summed E-state index contributed by atoms with van der Waals surface area (Å²) < 4.78 is 36.4. The molecular weight excluding hydrogens is 298 g/mol. The molecule has 1 saturated heterocycles. The number of hydrogen-bond acceptors (Lipinski definition) is 6. The highest BCUT2D eigenvalue weighted by Gasteiger charge is 2.27. The summed E-state index contributed by atoms with van der Waals surface area (Å²) in [6, 6.07) is 3.75. The van der Waals surface area contributed by atoms with Crippen LogP contribution in [0.15, 0.2) is 23.1 Å². The third-order valence-corrected chi connectivity index (χ3v) is 4.97. The topological polar surface area (TPSA) is 96.0 Å². The van der Waals surface area contributed by atoms with E-state index in [-0.39, 0.29) is 35.9 Å². The molecule has 0 spiro atoms. The third kappa shape index (κ3) is 3.34. The molecule has 1 aliphatic rings. The van der Waals surface area contributed by atoms with E-state index in [9.17, 15) is 18.3 Å². The predicted octanol–water partition coefficient (Wildman–Crippen LogP) is -0.530. The van der Waals surface area contributed by atoms with Crippen LogP contribution in [0.2, 0.25) is 0 Å². The number of ether oxygens (including phenoxy) is 2. The molecule has 0 aromatic heterocycles. The van der Waals surface area contributed by atoms with Gasteiger partial charge in [-0.15, -0.1) is 0 Å². The second-order valence-electron chi connectivity index (χ2n) is 4.39. The Hall–Kier alpha value is -1.64. The average Bonchev–Trinajstić information content (AvgIpc) is 2.48. The molecule has 21 heavy (non-hydrogen) atoms. The van der Waals surface area contributed by atoms with Gasteiger partial charge in [-0.2, -0.15) is 4.31 Å². The minimum absolute atomic E-state index is 0.0907. The number of carboxylic acid groups (broad SMARTS) is 1. The van der Waals surface area contributed by atoms with Gasteiger partial charge in [-0.25, -0.2) is 8.42 Å². The fourth-order valence-electron chi connectivity index (χ4n) is 2.05. The van der Waals surface area contributed by atoms with Gasteiger partial charge >= 0.3 is 0 Å². The minimum atomic E-state index is -3.74. The van der Waals surface area contributed by atoms with Gasteiger partial charge < -0.3 is 19.4 Å². The number of benzene rings is 1. The second-order valence-corrected chi connectivity index (χ2v) is 6.33. The normalized spacial score (nSPS) is 16.6. The first-order valence-corrected chi connectivity index (χ1v) is 7.97. The molecule has 0 unspecified atom stereocenters. The molecule has 1 aliphatic heterocycles. The van der Waals surface area contributed by atoms with Crippen molar-refractivity contribution in [2.24, 2.45) is 0 Å². The lowest BCUT2D eigenvalue weighted by atomic mass is 10.2. The molecule has 0 atom stereocenters. The highest BCUT2D eigenvalue weighted by Crippen LogP contribution is 2.25. The number of sulfonamides is 1. The zero-order valence-electron chi connectivity index (χ0n) is 11.6. The van der Waals surface area contributed by atoms with Crippen LogP contribution in [0.5, 0.6) is 5.75 Å². The van der Waals surface area contributed by atoms with E-state index in [1.165, 1.54) is 16.4 Å². The van der Waals surface area contributed by atoms with Crippen molar-refractivity contribution in [1.29, 1.82) is 0 Å². The summed E-state index contributed by atoms with van der Waals surface area (Å²) in [5.74, 6) is -1.38. The van der Waals surface area contributed by atoms with Crippen LogP contribution in [0, 0.1) is 0 Å². The van der Waals surface area contributed by atoms with Gasteiger partial charge in [-0.05, 0) is 25.1 Å². The van der Waals surface area contributed by atoms with Gasteiger partial charge in [0.05, 0.1) is 30.7 Å².